The second kappa shape index (κ2) is 9.45. The Morgan fingerprint density at radius 3 is 2.52 bits per heavy atom. The predicted molar refractivity (Wildman–Crippen MR) is 111 cm³/mol. The van der Waals surface area contributed by atoms with Crippen LogP contribution in [0.25, 0.3) is 11.8 Å². The molecule has 0 radical (unpaired) electrons. The third kappa shape index (κ3) is 5.38. The summed E-state index contributed by atoms with van der Waals surface area (Å²) in [6.45, 7) is 1.88. The molecule has 3 aromatic rings. The first-order valence-electron chi connectivity index (χ1n) is 9.26. The van der Waals surface area contributed by atoms with Crippen molar-refractivity contribution in [3.05, 3.63) is 84.5 Å². The Morgan fingerprint density at radius 2 is 1.86 bits per heavy atom. The van der Waals surface area contributed by atoms with Gasteiger partial charge >= 0.3 is 0 Å². The number of nitrogens with one attached hydrogen (secondary N) is 1. The maximum absolute atomic E-state index is 12.5. The van der Waals surface area contributed by atoms with Gasteiger partial charge in [-0.25, -0.2) is 9.67 Å². The lowest BCUT2D eigenvalue weighted by Crippen LogP contribution is -2.38. The van der Waals surface area contributed by atoms with E-state index < -0.39 is 0 Å². The first kappa shape index (κ1) is 20.0. The van der Waals surface area contributed by atoms with Crippen molar-refractivity contribution in [2.24, 2.45) is 0 Å². The molecule has 29 heavy (non-hydrogen) atoms. The molecule has 0 spiro atoms. The fourth-order valence-electron chi connectivity index (χ4n) is 2.77. The fraction of sp³-hybridized carbons (Fsp3) is 0.182. The van der Waals surface area contributed by atoms with E-state index in [0.717, 1.165) is 16.8 Å². The van der Waals surface area contributed by atoms with Crippen LogP contribution in [0, 0.1) is 0 Å². The average Bonchev–Trinajstić information content (AvgIpc) is 3.31. The van der Waals surface area contributed by atoms with Gasteiger partial charge in [0.1, 0.15) is 12.7 Å². The van der Waals surface area contributed by atoms with E-state index in [4.69, 9.17) is 0 Å². The summed E-state index contributed by atoms with van der Waals surface area (Å²) < 4.78 is 1.67. The number of amides is 2. The van der Waals surface area contributed by atoms with Gasteiger partial charge in [-0.1, -0.05) is 42.5 Å². The van der Waals surface area contributed by atoms with E-state index >= 15 is 0 Å². The lowest BCUT2D eigenvalue weighted by molar-refractivity contribution is -0.132. The van der Waals surface area contributed by atoms with Gasteiger partial charge in [0.25, 0.3) is 0 Å². The standard InChI is InChI=1S/C22H23N5O2/c1-17(19-9-11-20(12-10-19)27-16-23-15-25-27)26(2)22(29)14-24-21(28)13-8-18-6-4-3-5-7-18/h3-13,15-17H,14H2,1-2H3,(H,24,28)/b13-8+/t17-/m0/s1. The Kier molecular flexibility index (Phi) is 6.52. The third-order valence-corrected chi connectivity index (χ3v) is 4.67. The highest BCUT2D eigenvalue weighted by Gasteiger charge is 2.17. The molecule has 1 atom stereocenters. The largest absolute Gasteiger partial charge is 0.343 e. The first-order chi connectivity index (χ1) is 14.0. The van der Waals surface area contributed by atoms with Crippen molar-refractivity contribution in [1.29, 1.82) is 0 Å². The summed E-state index contributed by atoms with van der Waals surface area (Å²) >= 11 is 0. The zero-order chi connectivity index (χ0) is 20.6. The summed E-state index contributed by atoms with van der Waals surface area (Å²) in [7, 11) is 1.73. The van der Waals surface area contributed by atoms with Gasteiger partial charge in [0, 0.05) is 13.1 Å². The number of likely N-dealkylation sites (N-methyl/N-ethyl adjacent to an activating group) is 1. The van der Waals surface area contributed by atoms with E-state index in [-0.39, 0.29) is 24.4 Å². The highest BCUT2D eigenvalue weighted by atomic mass is 16.2. The van der Waals surface area contributed by atoms with Gasteiger partial charge in [-0.3, -0.25) is 9.59 Å². The smallest absolute Gasteiger partial charge is 0.244 e. The van der Waals surface area contributed by atoms with Gasteiger partial charge in [0.15, 0.2) is 0 Å². The number of benzene rings is 2. The van der Waals surface area contributed by atoms with Crippen molar-refractivity contribution in [3.63, 3.8) is 0 Å². The molecule has 0 aliphatic heterocycles. The van der Waals surface area contributed by atoms with Gasteiger partial charge in [-0.15, -0.1) is 0 Å². The van der Waals surface area contributed by atoms with Gasteiger partial charge in [-0.05, 0) is 36.3 Å². The molecule has 1 N–H and O–H groups in total. The monoisotopic (exact) mass is 389 g/mol. The Morgan fingerprint density at radius 1 is 1.14 bits per heavy atom. The maximum Gasteiger partial charge on any atom is 0.244 e. The summed E-state index contributed by atoms with van der Waals surface area (Å²) in [5.74, 6) is -0.472. The van der Waals surface area contributed by atoms with Gasteiger partial charge in [0.05, 0.1) is 18.3 Å². The number of carbonyl (C=O) groups excluding carboxylic acids is 2. The van der Waals surface area contributed by atoms with Crippen molar-refractivity contribution in [2.45, 2.75) is 13.0 Å². The minimum atomic E-state index is -0.305. The zero-order valence-electron chi connectivity index (χ0n) is 16.4. The second-order valence-electron chi connectivity index (χ2n) is 6.57. The van der Waals surface area contributed by atoms with Crippen molar-refractivity contribution in [1.82, 2.24) is 25.0 Å². The highest BCUT2D eigenvalue weighted by molar-refractivity contribution is 5.94. The SMILES string of the molecule is C[C@@H](c1ccc(-n2cncn2)cc1)N(C)C(=O)CNC(=O)/C=C/c1ccccc1. The van der Waals surface area contributed by atoms with E-state index in [1.54, 1.807) is 29.0 Å². The number of hydrogen-bond donors (Lipinski definition) is 1. The molecule has 148 valence electrons. The second-order valence-corrected chi connectivity index (χ2v) is 6.57. The van der Waals surface area contributed by atoms with Crippen LogP contribution in [0.2, 0.25) is 0 Å². The minimum Gasteiger partial charge on any atom is -0.343 e. The normalized spacial score (nSPS) is 11.9. The van der Waals surface area contributed by atoms with Gasteiger partial charge in [0.2, 0.25) is 11.8 Å². The van der Waals surface area contributed by atoms with Crippen LogP contribution in [0.4, 0.5) is 0 Å². The molecule has 3 rings (SSSR count). The average molecular weight is 389 g/mol. The quantitative estimate of drug-likeness (QED) is 0.630. The number of hydrogen-bond acceptors (Lipinski definition) is 4. The van der Waals surface area contributed by atoms with Crippen molar-refractivity contribution >= 4 is 17.9 Å². The van der Waals surface area contributed by atoms with Crippen LogP contribution in [0.15, 0.2) is 73.3 Å². The summed E-state index contributed by atoms with van der Waals surface area (Å²) in [6, 6.07) is 17.1. The molecule has 0 unspecified atom stereocenters. The zero-order valence-corrected chi connectivity index (χ0v) is 16.4. The van der Waals surface area contributed by atoms with E-state index in [0.29, 0.717) is 0 Å². The number of carbonyl (C=O) groups is 2. The number of aromatic nitrogens is 3. The number of nitrogens with zero attached hydrogens (tertiary/aromatic N) is 4. The van der Waals surface area contributed by atoms with Crippen LogP contribution in [-0.2, 0) is 9.59 Å². The summed E-state index contributed by atoms with van der Waals surface area (Å²) in [4.78, 5) is 30.0. The summed E-state index contributed by atoms with van der Waals surface area (Å²) in [6.07, 6.45) is 6.24. The Balaban J connectivity index is 1.52. The topological polar surface area (TPSA) is 80.1 Å². The highest BCUT2D eigenvalue weighted by Crippen LogP contribution is 2.20. The maximum atomic E-state index is 12.5. The summed E-state index contributed by atoms with van der Waals surface area (Å²) in [5.41, 5.74) is 2.80. The first-order valence-corrected chi connectivity index (χ1v) is 9.26. The van der Waals surface area contributed by atoms with E-state index in [2.05, 4.69) is 15.4 Å². The van der Waals surface area contributed by atoms with Crippen LogP contribution < -0.4 is 5.32 Å². The molecule has 2 aromatic carbocycles. The molecule has 1 heterocycles. The molecule has 1 aromatic heterocycles. The lowest BCUT2D eigenvalue weighted by atomic mass is 10.1. The molecule has 0 saturated carbocycles. The summed E-state index contributed by atoms with van der Waals surface area (Å²) in [5, 5.41) is 6.73. The Labute approximate surface area is 169 Å². The van der Waals surface area contributed by atoms with Crippen molar-refractivity contribution in [3.8, 4) is 5.69 Å². The van der Waals surface area contributed by atoms with Gasteiger partial charge in [-0.2, -0.15) is 5.10 Å². The third-order valence-electron chi connectivity index (χ3n) is 4.67. The van der Waals surface area contributed by atoms with Crippen LogP contribution in [0.3, 0.4) is 0 Å². The molecule has 7 nitrogen and oxygen atoms in total. The molecule has 0 fully saturated rings. The van der Waals surface area contributed by atoms with E-state index in [1.807, 2.05) is 61.5 Å². The molecule has 0 aliphatic carbocycles. The molecular weight excluding hydrogens is 366 g/mol. The van der Waals surface area contributed by atoms with Crippen LogP contribution >= 0.6 is 0 Å². The molecule has 7 heteroatoms. The minimum absolute atomic E-state index is 0.0597. The molecule has 0 bridgehead atoms. The molecule has 0 aliphatic rings. The lowest BCUT2D eigenvalue weighted by Gasteiger charge is -2.25. The van der Waals surface area contributed by atoms with Crippen LogP contribution in [0.5, 0.6) is 0 Å². The van der Waals surface area contributed by atoms with Crippen molar-refractivity contribution < 1.29 is 9.59 Å². The van der Waals surface area contributed by atoms with Gasteiger partial charge < -0.3 is 10.2 Å². The molecule has 0 saturated heterocycles. The Bertz CT molecular complexity index is 966. The number of rotatable bonds is 7. The fourth-order valence-corrected chi connectivity index (χ4v) is 2.77. The van der Waals surface area contributed by atoms with Crippen molar-refractivity contribution in [2.75, 3.05) is 13.6 Å². The van der Waals surface area contributed by atoms with Crippen LogP contribution in [0.1, 0.15) is 24.1 Å². The van der Waals surface area contributed by atoms with E-state index in [9.17, 15) is 9.59 Å². The molecular formula is C22H23N5O2. The Hall–Kier alpha value is -3.74. The predicted octanol–water partition coefficient (Wildman–Crippen LogP) is 2.62. The molecule has 2 amide bonds. The van der Waals surface area contributed by atoms with E-state index in [1.165, 1.54) is 12.4 Å². The van der Waals surface area contributed by atoms with Crippen LogP contribution in [-0.4, -0.2) is 45.1 Å².